The highest BCUT2D eigenvalue weighted by Crippen LogP contribution is 2.31. The first-order valence-corrected chi connectivity index (χ1v) is 9.47. The first-order valence-electron chi connectivity index (χ1n) is 9.47. The molecule has 0 spiro atoms. The molecular weight excluding hydrogens is 361 g/mol. The second-order valence-corrected chi connectivity index (χ2v) is 7.14. The van der Waals surface area contributed by atoms with Crippen molar-refractivity contribution in [3.63, 3.8) is 0 Å². The van der Waals surface area contributed by atoms with Crippen LogP contribution in [0.3, 0.4) is 0 Å². The maximum atomic E-state index is 12.2. The fraction of sp³-hybridized carbons (Fsp3) is 0.435. The Morgan fingerprint density at radius 1 is 1.11 bits per heavy atom. The van der Waals surface area contributed by atoms with Gasteiger partial charge in [-0.3, -0.25) is 0 Å². The van der Waals surface area contributed by atoms with Crippen LogP contribution >= 0.6 is 0 Å². The highest BCUT2D eigenvalue weighted by molar-refractivity contribution is 5.31. The number of nitrogens with zero attached hydrogens (tertiary/aromatic N) is 2. The minimum absolute atomic E-state index is 0.352. The summed E-state index contributed by atoms with van der Waals surface area (Å²) in [6.07, 6.45) is -2.40. The molecule has 0 aliphatic carbocycles. The number of hydrogen-bond donors (Lipinski definition) is 0. The Hall–Kier alpha value is -2.32. The lowest BCUT2D eigenvalue weighted by molar-refractivity contribution is -0.138. The van der Waals surface area contributed by atoms with Gasteiger partial charge in [-0.15, -0.1) is 0 Å². The Labute approximate surface area is 166 Å². The lowest BCUT2D eigenvalue weighted by Gasteiger charge is -2.10. The second-order valence-electron chi connectivity index (χ2n) is 7.14. The SMILES string of the molecule is CC1CCN(C)C1.CCc1ccccc1C(F)(F)F.Cc1ccc(C#N)cc1. The Morgan fingerprint density at radius 2 is 1.71 bits per heavy atom. The summed E-state index contributed by atoms with van der Waals surface area (Å²) in [5, 5.41) is 8.38. The van der Waals surface area contributed by atoms with Gasteiger partial charge >= 0.3 is 6.18 Å². The summed E-state index contributed by atoms with van der Waals surface area (Å²) in [6.45, 7) is 8.64. The molecule has 28 heavy (non-hydrogen) atoms. The summed E-state index contributed by atoms with van der Waals surface area (Å²) in [7, 11) is 2.18. The van der Waals surface area contributed by atoms with Crippen molar-refractivity contribution in [3.8, 4) is 6.07 Å². The van der Waals surface area contributed by atoms with E-state index in [4.69, 9.17) is 5.26 Å². The van der Waals surface area contributed by atoms with E-state index in [2.05, 4.69) is 24.9 Å². The zero-order valence-corrected chi connectivity index (χ0v) is 17.1. The number of aryl methyl sites for hydroxylation is 2. The predicted molar refractivity (Wildman–Crippen MR) is 108 cm³/mol. The van der Waals surface area contributed by atoms with Gasteiger partial charge in [0.1, 0.15) is 0 Å². The zero-order valence-electron chi connectivity index (χ0n) is 17.1. The van der Waals surface area contributed by atoms with Gasteiger partial charge in [0, 0.05) is 6.54 Å². The summed E-state index contributed by atoms with van der Waals surface area (Å²) in [4.78, 5) is 2.38. The fourth-order valence-corrected chi connectivity index (χ4v) is 2.89. The maximum Gasteiger partial charge on any atom is 0.416 e. The van der Waals surface area contributed by atoms with Gasteiger partial charge < -0.3 is 4.90 Å². The summed E-state index contributed by atoms with van der Waals surface area (Å²) >= 11 is 0. The van der Waals surface area contributed by atoms with E-state index in [-0.39, 0.29) is 0 Å². The molecule has 3 rings (SSSR count). The molecule has 1 aliphatic heterocycles. The maximum absolute atomic E-state index is 12.2. The van der Waals surface area contributed by atoms with Crippen molar-refractivity contribution < 1.29 is 13.2 Å². The lowest BCUT2D eigenvalue weighted by atomic mass is 10.1. The molecular formula is C23H29F3N2. The quantitative estimate of drug-likeness (QED) is 0.589. The first kappa shape index (κ1) is 23.7. The number of nitriles is 1. The van der Waals surface area contributed by atoms with Gasteiger partial charge in [-0.25, -0.2) is 0 Å². The number of hydrogen-bond acceptors (Lipinski definition) is 2. The van der Waals surface area contributed by atoms with Crippen LogP contribution < -0.4 is 0 Å². The van der Waals surface area contributed by atoms with Gasteiger partial charge in [0.2, 0.25) is 0 Å². The molecule has 1 unspecified atom stereocenters. The molecule has 0 aromatic heterocycles. The van der Waals surface area contributed by atoms with Crippen LogP contribution in [0.2, 0.25) is 0 Å². The predicted octanol–water partition coefficient (Wildman–Crippen LogP) is 6.09. The number of rotatable bonds is 1. The Kier molecular flexibility index (Phi) is 9.75. The molecule has 2 nitrogen and oxygen atoms in total. The number of halogens is 3. The highest BCUT2D eigenvalue weighted by Gasteiger charge is 2.32. The summed E-state index contributed by atoms with van der Waals surface area (Å²) in [6, 6.07) is 15.2. The molecule has 0 bridgehead atoms. The topological polar surface area (TPSA) is 27.0 Å². The van der Waals surface area contributed by atoms with Crippen molar-refractivity contribution in [1.82, 2.24) is 4.90 Å². The molecule has 1 heterocycles. The van der Waals surface area contributed by atoms with Crippen LogP contribution in [-0.4, -0.2) is 25.0 Å². The van der Waals surface area contributed by atoms with Crippen LogP contribution in [0.15, 0.2) is 48.5 Å². The van der Waals surface area contributed by atoms with Gasteiger partial charge in [0.25, 0.3) is 0 Å². The molecule has 0 amide bonds. The van der Waals surface area contributed by atoms with E-state index in [1.54, 1.807) is 13.0 Å². The van der Waals surface area contributed by atoms with Crippen LogP contribution in [0.25, 0.3) is 0 Å². The zero-order chi connectivity index (χ0) is 21.2. The molecule has 2 aromatic rings. The van der Waals surface area contributed by atoms with E-state index in [1.165, 1.54) is 37.2 Å². The Morgan fingerprint density at radius 3 is 2.07 bits per heavy atom. The van der Waals surface area contributed by atoms with E-state index >= 15 is 0 Å². The van der Waals surface area contributed by atoms with Crippen molar-refractivity contribution in [2.24, 2.45) is 5.92 Å². The van der Waals surface area contributed by atoms with Crippen molar-refractivity contribution in [1.29, 1.82) is 5.26 Å². The van der Waals surface area contributed by atoms with E-state index in [0.29, 0.717) is 12.0 Å². The molecule has 1 fully saturated rings. The summed E-state index contributed by atoms with van der Waals surface area (Å²) < 4.78 is 36.7. The second kappa shape index (κ2) is 11.5. The molecule has 1 atom stereocenters. The van der Waals surface area contributed by atoms with Crippen molar-refractivity contribution in [2.45, 2.75) is 39.8 Å². The molecule has 1 aliphatic rings. The molecule has 5 heteroatoms. The minimum atomic E-state index is -4.22. The van der Waals surface area contributed by atoms with Crippen molar-refractivity contribution in [2.75, 3.05) is 20.1 Å². The summed E-state index contributed by atoms with van der Waals surface area (Å²) in [5.74, 6) is 0.949. The van der Waals surface area contributed by atoms with Crippen LogP contribution in [0.1, 0.15) is 42.5 Å². The van der Waals surface area contributed by atoms with E-state index in [0.717, 1.165) is 17.5 Å². The average Bonchev–Trinajstić information content (AvgIpc) is 3.05. The van der Waals surface area contributed by atoms with E-state index in [1.807, 2.05) is 31.2 Å². The average molecular weight is 390 g/mol. The van der Waals surface area contributed by atoms with Gasteiger partial charge in [-0.1, -0.05) is 49.7 Å². The standard InChI is InChI=1S/C9H9F3.C8H7N.C6H13N/c1-2-7-5-3-4-6-8(7)9(10,11)12;1-7-2-4-8(6-9)5-3-7;1-6-3-4-7(2)5-6/h3-6H,2H2,1H3;2-5H,1H3;6H,3-5H2,1-2H3. The number of likely N-dealkylation sites (tertiary alicyclic amines) is 1. The smallest absolute Gasteiger partial charge is 0.306 e. The molecule has 2 aromatic carbocycles. The summed E-state index contributed by atoms with van der Waals surface area (Å²) in [5.41, 5.74) is 1.74. The lowest BCUT2D eigenvalue weighted by Crippen LogP contribution is -2.12. The van der Waals surface area contributed by atoms with E-state index in [9.17, 15) is 13.2 Å². The van der Waals surface area contributed by atoms with Crippen LogP contribution in [0.4, 0.5) is 13.2 Å². The van der Waals surface area contributed by atoms with Crippen molar-refractivity contribution in [3.05, 3.63) is 70.8 Å². The minimum Gasteiger partial charge on any atom is -0.306 e. The Bertz CT molecular complexity index is 738. The largest absolute Gasteiger partial charge is 0.416 e. The van der Waals surface area contributed by atoms with Gasteiger partial charge in [0.05, 0.1) is 17.2 Å². The van der Waals surface area contributed by atoms with Crippen LogP contribution in [0.5, 0.6) is 0 Å². The third-order valence-corrected chi connectivity index (χ3v) is 4.51. The van der Waals surface area contributed by atoms with E-state index < -0.39 is 11.7 Å². The Balaban J connectivity index is 0.000000218. The monoisotopic (exact) mass is 390 g/mol. The third-order valence-electron chi connectivity index (χ3n) is 4.51. The van der Waals surface area contributed by atoms with Crippen LogP contribution in [-0.2, 0) is 12.6 Å². The normalized spacial score (nSPS) is 16.3. The van der Waals surface area contributed by atoms with Crippen LogP contribution in [0, 0.1) is 24.2 Å². The van der Waals surface area contributed by atoms with Crippen molar-refractivity contribution >= 4 is 0 Å². The number of benzene rings is 2. The molecule has 0 N–H and O–H groups in total. The first-order chi connectivity index (χ1) is 13.2. The molecule has 152 valence electrons. The van der Waals surface area contributed by atoms with Gasteiger partial charge in [0.15, 0.2) is 0 Å². The molecule has 0 radical (unpaired) electrons. The molecule has 1 saturated heterocycles. The van der Waals surface area contributed by atoms with Gasteiger partial charge in [-0.2, -0.15) is 18.4 Å². The third kappa shape index (κ3) is 8.58. The molecule has 0 saturated carbocycles. The van der Waals surface area contributed by atoms with Gasteiger partial charge in [-0.05, 0) is 63.0 Å². The fourth-order valence-electron chi connectivity index (χ4n) is 2.89. The number of alkyl halides is 3. The highest BCUT2D eigenvalue weighted by atomic mass is 19.4.